The lowest BCUT2D eigenvalue weighted by atomic mass is 10.2. The van der Waals surface area contributed by atoms with Gasteiger partial charge in [0.1, 0.15) is 5.76 Å². The minimum Gasteiger partial charge on any atom is -0.475 e. The summed E-state index contributed by atoms with van der Waals surface area (Å²) in [5, 5.41) is 11.9. The summed E-state index contributed by atoms with van der Waals surface area (Å²) >= 11 is 0. The molecule has 1 aromatic heterocycles. The summed E-state index contributed by atoms with van der Waals surface area (Å²) in [6.45, 7) is 4.76. The van der Waals surface area contributed by atoms with E-state index in [2.05, 4.69) is 5.32 Å². The van der Waals surface area contributed by atoms with Gasteiger partial charge in [0.2, 0.25) is 5.76 Å². The third-order valence-corrected chi connectivity index (χ3v) is 2.40. The standard InChI is InChI=1S/C12H19NO5/c1-9-10(7-11(18-9)12(14)15)8-13-3-4-17-6-5-16-2/h7,13H,3-6,8H2,1-2H3,(H,14,15). The maximum atomic E-state index is 10.7. The van der Waals surface area contributed by atoms with Crippen molar-refractivity contribution < 1.29 is 23.8 Å². The van der Waals surface area contributed by atoms with Crippen LogP contribution in [0.1, 0.15) is 21.9 Å². The molecule has 0 radical (unpaired) electrons. The van der Waals surface area contributed by atoms with Crippen molar-refractivity contribution >= 4 is 5.97 Å². The summed E-state index contributed by atoms with van der Waals surface area (Å²) < 4.78 is 15.2. The van der Waals surface area contributed by atoms with Gasteiger partial charge in [-0.05, 0) is 13.0 Å². The fourth-order valence-electron chi connectivity index (χ4n) is 1.41. The minimum absolute atomic E-state index is 0.0272. The van der Waals surface area contributed by atoms with Gasteiger partial charge in [-0.25, -0.2) is 4.79 Å². The normalized spacial score (nSPS) is 10.8. The summed E-state index contributed by atoms with van der Waals surface area (Å²) in [7, 11) is 1.63. The van der Waals surface area contributed by atoms with Crippen molar-refractivity contribution in [2.75, 3.05) is 33.5 Å². The van der Waals surface area contributed by atoms with Gasteiger partial charge in [-0.2, -0.15) is 0 Å². The van der Waals surface area contributed by atoms with Crippen LogP contribution < -0.4 is 5.32 Å². The smallest absolute Gasteiger partial charge is 0.371 e. The number of carboxylic acids is 1. The summed E-state index contributed by atoms with van der Waals surface area (Å²) in [4.78, 5) is 10.7. The van der Waals surface area contributed by atoms with Crippen molar-refractivity contribution in [2.24, 2.45) is 0 Å². The van der Waals surface area contributed by atoms with Crippen LogP contribution in [-0.4, -0.2) is 44.6 Å². The van der Waals surface area contributed by atoms with Crippen molar-refractivity contribution in [1.29, 1.82) is 0 Å². The summed E-state index contributed by atoms with van der Waals surface area (Å²) in [6.07, 6.45) is 0. The Bertz CT molecular complexity index is 375. The second-order valence-electron chi connectivity index (χ2n) is 3.78. The van der Waals surface area contributed by atoms with Crippen LogP contribution in [0.15, 0.2) is 10.5 Å². The zero-order valence-corrected chi connectivity index (χ0v) is 10.7. The monoisotopic (exact) mass is 257 g/mol. The van der Waals surface area contributed by atoms with E-state index in [0.717, 1.165) is 5.56 Å². The van der Waals surface area contributed by atoms with Crippen LogP contribution in [-0.2, 0) is 16.0 Å². The van der Waals surface area contributed by atoms with Crippen LogP contribution in [0.4, 0.5) is 0 Å². The molecule has 6 heteroatoms. The van der Waals surface area contributed by atoms with Crippen molar-refractivity contribution in [3.63, 3.8) is 0 Å². The third-order valence-electron chi connectivity index (χ3n) is 2.40. The average Bonchev–Trinajstić information content (AvgIpc) is 2.70. The zero-order valence-electron chi connectivity index (χ0n) is 10.7. The number of hydrogen-bond donors (Lipinski definition) is 2. The Morgan fingerprint density at radius 1 is 1.44 bits per heavy atom. The first-order chi connectivity index (χ1) is 8.65. The Balaban J connectivity index is 2.21. The topological polar surface area (TPSA) is 80.9 Å². The number of hydrogen-bond acceptors (Lipinski definition) is 5. The molecule has 0 unspecified atom stereocenters. The maximum Gasteiger partial charge on any atom is 0.371 e. The fraction of sp³-hybridized carbons (Fsp3) is 0.583. The molecule has 0 saturated heterocycles. The van der Waals surface area contributed by atoms with Crippen LogP contribution in [0.3, 0.4) is 0 Å². The predicted molar refractivity (Wildman–Crippen MR) is 64.8 cm³/mol. The van der Waals surface area contributed by atoms with Gasteiger partial charge in [0.05, 0.1) is 19.8 Å². The molecule has 0 spiro atoms. The molecule has 0 saturated carbocycles. The lowest BCUT2D eigenvalue weighted by molar-refractivity contribution is 0.0661. The summed E-state index contributed by atoms with van der Waals surface area (Å²) in [5.41, 5.74) is 0.851. The molecule has 1 aromatic rings. The van der Waals surface area contributed by atoms with Gasteiger partial charge in [-0.15, -0.1) is 0 Å². The highest BCUT2D eigenvalue weighted by molar-refractivity contribution is 5.84. The largest absolute Gasteiger partial charge is 0.475 e. The van der Waals surface area contributed by atoms with Crippen LogP contribution in [0.2, 0.25) is 0 Å². The van der Waals surface area contributed by atoms with Crippen LogP contribution in [0.5, 0.6) is 0 Å². The molecule has 18 heavy (non-hydrogen) atoms. The van der Waals surface area contributed by atoms with Crippen LogP contribution in [0.25, 0.3) is 0 Å². The summed E-state index contributed by atoms with van der Waals surface area (Å²) in [5.74, 6) is -0.451. The lowest BCUT2D eigenvalue weighted by Crippen LogP contribution is -2.20. The van der Waals surface area contributed by atoms with Gasteiger partial charge in [0, 0.05) is 25.8 Å². The number of carbonyl (C=O) groups is 1. The number of rotatable bonds is 9. The Labute approximate surface area is 106 Å². The molecule has 0 fully saturated rings. The van der Waals surface area contributed by atoms with Gasteiger partial charge in [-0.3, -0.25) is 0 Å². The molecule has 6 nitrogen and oxygen atoms in total. The fourth-order valence-corrected chi connectivity index (χ4v) is 1.41. The number of nitrogens with one attached hydrogen (secondary N) is 1. The van der Waals surface area contributed by atoms with Crippen molar-refractivity contribution in [3.8, 4) is 0 Å². The van der Waals surface area contributed by atoms with Gasteiger partial charge in [0.25, 0.3) is 0 Å². The SMILES string of the molecule is COCCOCCNCc1cc(C(=O)O)oc1C. The number of ether oxygens (including phenoxy) is 2. The Morgan fingerprint density at radius 2 is 2.22 bits per heavy atom. The molecule has 0 amide bonds. The Morgan fingerprint density at radius 3 is 2.83 bits per heavy atom. The molecule has 0 atom stereocenters. The number of furan rings is 1. The highest BCUT2D eigenvalue weighted by Gasteiger charge is 2.12. The van der Waals surface area contributed by atoms with Crippen molar-refractivity contribution in [3.05, 3.63) is 23.2 Å². The van der Waals surface area contributed by atoms with E-state index >= 15 is 0 Å². The van der Waals surface area contributed by atoms with E-state index in [4.69, 9.17) is 19.0 Å². The highest BCUT2D eigenvalue weighted by atomic mass is 16.5. The predicted octanol–water partition coefficient (Wildman–Crippen LogP) is 1.04. The van der Waals surface area contributed by atoms with Gasteiger partial charge in [-0.1, -0.05) is 0 Å². The molecular formula is C12H19NO5. The molecule has 1 rings (SSSR count). The molecule has 2 N–H and O–H groups in total. The van der Waals surface area contributed by atoms with Gasteiger partial charge >= 0.3 is 5.97 Å². The third kappa shape index (κ3) is 4.87. The maximum absolute atomic E-state index is 10.7. The second kappa shape index (κ2) is 7.86. The minimum atomic E-state index is -1.05. The lowest BCUT2D eigenvalue weighted by Gasteiger charge is -2.05. The van der Waals surface area contributed by atoms with Crippen LogP contribution >= 0.6 is 0 Å². The molecular weight excluding hydrogens is 238 g/mol. The zero-order chi connectivity index (χ0) is 13.4. The Hall–Kier alpha value is -1.37. The van der Waals surface area contributed by atoms with Crippen molar-refractivity contribution in [1.82, 2.24) is 5.32 Å². The Kier molecular flexibility index (Phi) is 6.42. The first kappa shape index (κ1) is 14.7. The molecule has 0 aliphatic carbocycles. The van der Waals surface area contributed by atoms with Crippen molar-refractivity contribution in [2.45, 2.75) is 13.5 Å². The second-order valence-corrected chi connectivity index (χ2v) is 3.78. The first-order valence-electron chi connectivity index (χ1n) is 5.75. The van der Waals surface area contributed by atoms with E-state index in [1.807, 2.05) is 0 Å². The van der Waals surface area contributed by atoms with E-state index in [1.165, 1.54) is 6.07 Å². The average molecular weight is 257 g/mol. The molecule has 1 heterocycles. The number of carboxylic acid groups (broad SMARTS) is 1. The molecule has 0 bridgehead atoms. The van der Waals surface area contributed by atoms with E-state index < -0.39 is 5.97 Å². The van der Waals surface area contributed by atoms with Crippen LogP contribution in [0, 0.1) is 6.92 Å². The number of methoxy groups -OCH3 is 1. The number of aromatic carboxylic acids is 1. The molecule has 0 aromatic carbocycles. The van der Waals surface area contributed by atoms with E-state index in [0.29, 0.717) is 38.7 Å². The van der Waals surface area contributed by atoms with E-state index in [-0.39, 0.29) is 5.76 Å². The quantitative estimate of drug-likeness (QED) is 0.643. The van der Waals surface area contributed by atoms with Gasteiger partial charge in [0.15, 0.2) is 0 Å². The number of aryl methyl sites for hydroxylation is 1. The molecule has 0 aliphatic rings. The first-order valence-corrected chi connectivity index (χ1v) is 5.75. The van der Waals surface area contributed by atoms with E-state index in [9.17, 15) is 4.79 Å². The molecule has 0 aliphatic heterocycles. The van der Waals surface area contributed by atoms with E-state index in [1.54, 1.807) is 14.0 Å². The van der Waals surface area contributed by atoms with Gasteiger partial charge < -0.3 is 24.3 Å². The summed E-state index contributed by atoms with van der Waals surface area (Å²) in [6, 6.07) is 1.54. The highest BCUT2D eigenvalue weighted by Crippen LogP contribution is 2.14. The molecule has 102 valence electrons.